The normalized spacial score (nSPS) is 23.2. The second kappa shape index (κ2) is 6.84. The van der Waals surface area contributed by atoms with E-state index in [0.29, 0.717) is 11.5 Å². The molecule has 0 aliphatic heterocycles. The molecule has 1 aromatic carbocycles. The number of rotatable bonds is 4. The molecule has 0 bridgehead atoms. The molecule has 0 atom stereocenters. The minimum Gasteiger partial charge on any atom is -0.392 e. The molecule has 2 N–H and O–H groups in total. The van der Waals surface area contributed by atoms with Crippen molar-refractivity contribution in [2.45, 2.75) is 50.2 Å². The SMILES string of the molecule is CC1CCC(NS(=O)(=O)c2cc(CO)c(Cl)cc2Cl)CC1. The third-order valence-electron chi connectivity index (χ3n) is 3.90. The highest BCUT2D eigenvalue weighted by Gasteiger charge is 2.26. The quantitative estimate of drug-likeness (QED) is 0.873. The molecule has 0 unspecified atom stereocenters. The van der Waals surface area contributed by atoms with Crippen LogP contribution in [0.2, 0.25) is 10.0 Å². The fourth-order valence-corrected chi connectivity index (χ4v) is 4.72. The van der Waals surface area contributed by atoms with Gasteiger partial charge in [0.1, 0.15) is 4.90 Å². The molecule has 0 aromatic heterocycles. The molecule has 21 heavy (non-hydrogen) atoms. The summed E-state index contributed by atoms with van der Waals surface area (Å²) in [7, 11) is -3.71. The van der Waals surface area contributed by atoms with Crippen molar-refractivity contribution in [1.82, 2.24) is 4.72 Å². The summed E-state index contributed by atoms with van der Waals surface area (Å²) in [4.78, 5) is -0.0313. The number of aliphatic hydroxyl groups is 1. The Hall–Kier alpha value is -0.330. The van der Waals surface area contributed by atoms with Crippen molar-refractivity contribution in [3.63, 3.8) is 0 Å². The first-order chi connectivity index (χ1) is 9.83. The van der Waals surface area contributed by atoms with E-state index in [1.807, 2.05) is 0 Å². The van der Waals surface area contributed by atoms with E-state index >= 15 is 0 Å². The summed E-state index contributed by atoms with van der Waals surface area (Å²) in [6.07, 6.45) is 3.70. The zero-order valence-electron chi connectivity index (χ0n) is 11.8. The van der Waals surface area contributed by atoms with Crippen molar-refractivity contribution in [1.29, 1.82) is 0 Å². The summed E-state index contributed by atoms with van der Waals surface area (Å²) in [5, 5.41) is 9.53. The predicted molar refractivity (Wildman–Crippen MR) is 84.1 cm³/mol. The molecule has 0 heterocycles. The number of hydrogen-bond donors (Lipinski definition) is 2. The highest BCUT2D eigenvalue weighted by atomic mass is 35.5. The van der Waals surface area contributed by atoms with Crippen LogP contribution in [0.4, 0.5) is 0 Å². The zero-order chi connectivity index (χ0) is 15.6. The number of aliphatic hydroxyl groups excluding tert-OH is 1. The van der Waals surface area contributed by atoms with Gasteiger partial charge in [0.25, 0.3) is 0 Å². The lowest BCUT2D eigenvalue weighted by Gasteiger charge is -2.26. The molecule has 1 saturated carbocycles. The highest BCUT2D eigenvalue weighted by molar-refractivity contribution is 7.89. The van der Waals surface area contributed by atoms with Crippen LogP contribution in [0.1, 0.15) is 38.2 Å². The van der Waals surface area contributed by atoms with Gasteiger partial charge in [-0.3, -0.25) is 0 Å². The van der Waals surface area contributed by atoms with Gasteiger partial charge in [0, 0.05) is 11.1 Å². The van der Waals surface area contributed by atoms with Gasteiger partial charge < -0.3 is 5.11 Å². The van der Waals surface area contributed by atoms with Crippen molar-refractivity contribution in [3.05, 3.63) is 27.7 Å². The highest BCUT2D eigenvalue weighted by Crippen LogP contribution is 2.30. The van der Waals surface area contributed by atoms with Gasteiger partial charge in [-0.25, -0.2) is 13.1 Å². The lowest BCUT2D eigenvalue weighted by atomic mass is 9.88. The lowest BCUT2D eigenvalue weighted by Crippen LogP contribution is -2.37. The van der Waals surface area contributed by atoms with Gasteiger partial charge >= 0.3 is 0 Å². The zero-order valence-corrected chi connectivity index (χ0v) is 14.1. The Morgan fingerprint density at radius 3 is 2.38 bits per heavy atom. The van der Waals surface area contributed by atoms with Crippen molar-refractivity contribution < 1.29 is 13.5 Å². The molecule has 0 radical (unpaired) electrons. The van der Waals surface area contributed by atoms with Crippen molar-refractivity contribution in [2.24, 2.45) is 5.92 Å². The van der Waals surface area contributed by atoms with Crippen LogP contribution in [0.5, 0.6) is 0 Å². The molecule has 7 heteroatoms. The Bertz CT molecular complexity index is 611. The number of nitrogens with one attached hydrogen (secondary N) is 1. The number of hydrogen-bond acceptors (Lipinski definition) is 3. The second-order valence-electron chi connectivity index (χ2n) is 5.61. The van der Waals surface area contributed by atoms with Crippen LogP contribution < -0.4 is 4.72 Å². The Morgan fingerprint density at radius 1 is 1.19 bits per heavy atom. The number of sulfonamides is 1. The molecular weight excluding hydrogens is 333 g/mol. The number of benzene rings is 1. The Labute approximate surface area is 135 Å². The van der Waals surface area contributed by atoms with Crippen LogP contribution in [-0.2, 0) is 16.6 Å². The summed E-state index contributed by atoms with van der Waals surface area (Å²) in [6.45, 7) is 1.84. The Morgan fingerprint density at radius 2 is 1.81 bits per heavy atom. The summed E-state index contributed by atoms with van der Waals surface area (Å²) in [6, 6.07) is 2.63. The smallest absolute Gasteiger partial charge is 0.242 e. The molecule has 0 amide bonds. The van der Waals surface area contributed by atoms with E-state index in [9.17, 15) is 13.5 Å². The van der Waals surface area contributed by atoms with E-state index in [-0.39, 0.29) is 27.6 Å². The molecule has 2 rings (SSSR count). The van der Waals surface area contributed by atoms with Crippen molar-refractivity contribution in [3.8, 4) is 0 Å². The molecule has 0 spiro atoms. The van der Waals surface area contributed by atoms with Crippen LogP contribution >= 0.6 is 23.2 Å². The van der Waals surface area contributed by atoms with Crippen molar-refractivity contribution in [2.75, 3.05) is 0 Å². The first-order valence-electron chi connectivity index (χ1n) is 6.94. The van der Waals surface area contributed by atoms with Gasteiger partial charge in [0.15, 0.2) is 0 Å². The Kier molecular flexibility index (Phi) is 5.54. The predicted octanol–water partition coefficient (Wildman–Crippen LogP) is 3.34. The third kappa shape index (κ3) is 4.11. The van der Waals surface area contributed by atoms with E-state index in [1.165, 1.54) is 12.1 Å². The fourth-order valence-electron chi connectivity index (χ4n) is 2.56. The van der Waals surface area contributed by atoms with E-state index in [2.05, 4.69) is 11.6 Å². The monoisotopic (exact) mass is 351 g/mol. The topological polar surface area (TPSA) is 66.4 Å². The molecule has 1 aliphatic rings. The van der Waals surface area contributed by atoms with Gasteiger partial charge in [0.05, 0.1) is 11.6 Å². The van der Waals surface area contributed by atoms with Gasteiger partial charge in [-0.05, 0) is 49.3 Å². The molecule has 1 fully saturated rings. The summed E-state index contributed by atoms with van der Waals surface area (Å²) < 4.78 is 27.6. The average Bonchev–Trinajstić information content (AvgIpc) is 2.41. The van der Waals surface area contributed by atoms with Crippen LogP contribution in [0.25, 0.3) is 0 Å². The maximum absolute atomic E-state index is 12.5. The first kappa shape index (κ1) is 17.0. The molecule has 4 nitrogen and oxygen atoms in total. The maximum Gasteiger partial charge on any atom is 0.242 e. The summed E-state index contributed by atoms with van der Waals surface area (Å²) in [5.41, 5.74) is 0.346. The van der Waals surface area contributed by atoms with Crippen LogP contribution in [0.3, 0.4) is 0 Å². The van der Waals surface area contributed by atoms with E-state index in [1.54, 1.807) is 0 Å². The van der Waals surface area contributed by atoms with Gasteiger partial charge in [-0.15, -0.1) is 0 Å². The van der Waals surface area contributed by atoms with Gasteiger partial charge in [-0.2, -0.15) is 0 Å². The van der Waals surface area contributed by atoms with E-state index in [0.717, 1.165) is 25.7 Å². The van der Waals surface area contributed by atoms with Crippen LogP contribution in [0, 0.1) is 5.92 Å². The molecule has 1 aliphatic carbocycles. The van der Waals surface area contributed by atoms with E-state index < -0.39 is 10.0 Å². The van der Waals surface area contributed by atoms with Crippen LogP contribution in [-0.4, -0.2) is 19.6 Å². The van der Waals surface area contributed by atoms with Crippen LogP contribution in [0.15, 0.2) is 17.0 Å². The standard InChI is InChI=1S/C14H19Cl2NO3S/c1-9-2-4-11(5-3-9)17-21(19,20)14-6-10(8-18)12(15)7-13(14)16/h6-7,9,11,17-18H,2-5,8H2,1H3. The molecular formula is C14H19Cl2NO3S. The number of halogens is 2. The lowest BCUT2D eigenvalue weighted by molar-refractivity contribution is 0.281. The first-order valence-corrected chi connectivity index (χ1v) is 9.18. The third-order valence-corrected chi connectivity index (χ3v) is 6.24. The Balaban J connectivity index is 2.23. The summed E-state index contributed by atoms with van der Waals surface area (Å²) >= 11 is 11.9. The van der Waals surface area contributed by atoms with E-state index in [4.69, 9.17) is 23.2 Å². The second-order valence-corrected chi connectivity index (χ2v) is 8.11. The average molecular weight is 352 g/mol. The minimum absolute atomic E-state index is 0.0313. The van der Waals surface area contributed by atoms with Gasteiger partial charge in [0.2, 0.25) is 10.0 Å². The molecule has 1 aromatic rings. The van der Waals surface area contributed by atoms with Gasteiger partial charge in [-0.1, -0.05) is 30.1 Å². The molecule has 0 saturated heterocycles. The van der Waals surface area contributed by atoms with Crippen molar-refractivity contribution >= 4 is 33.2 Å². The summed E-state index contributed by atoms with van der Waals surface area (Å²) in [5.74, 6) is 0.644. The fraction of sp³-hybridized carbons (Fsp3) is 0.571. The minimum atomic E-state index is -3.71. The molecule has 118 valence electrons. The largest absolute Gasteiger partial charge is 0.392 e. The maximum atomic E-state index is 12.5.